The van der Waals surface area contributed by atoms with Crippen molar-refractivity contribution in [3.63, 3.8) is 0 Å². The normalized spacial score (nSPS) is 15.6. The second kappa shape index (κ2) is 11.3. The summed E-state index contributed by atoms with van der Waals surface area (Å²) in [6.07, 6.45) is 4.36. The van der Waals surface area contributed by atoms with Crippen LogP contribution in [-0.4, -0.2) is 63.0 Å². The van der Waals surface area contributed by atoms with E-state index in [1.165, 1.54) is 11.4 Å². The molecule has 0 bridgehead atoms. The summed E-state index contributed by atoms with van der Waals surface area (Å²) < 4.78 is 34.9. The molecular formula is C33H33ClN4O5S. The molecule has 0 radical (unpaired) electrons. The molecule has 4 heterocycles. The number of benzene rings is 2. The molecular weight excluding hydrogens is 600 g/mol. The third kappa shape index (κ3) is 5.33. The molecule has 11 heteroatoms. The number of likely N-dealkylation sites (tertiary alicyclic amines) is 1. The van der Waals surface area contributed by atoms with Gasteiger partial charge in [-0.25, -0.2) is 8.42 Å². The van der Waals surface area contributed by atoms with Gasteiger partial charge in [-0.2, -0.15) is 0 Å². The molecule has 2 amide bonds. The lowest BCUT2D eigenvalue weighted by atomic mass is 9.87. The Labute approximate surface area is 261 Å². The lowest BCUT2D eigenvalue weighted by molar-refractivity contribution is 0.0707. The van der Waals surface area contributed by atoms with E-state index in [-0.39, 0.29) is 17.7 Å². The Bertz CT molecular complexity index is 2030. The fourth-order valence-electron chi connectivity index (χ4n) is 6.00. The number of sulfonamides is 1. The van der Waals surface area contributed by atoms with Gasteiger partial charge in [-0.3, -0.25) is 13.9 Å². The third-order valence-corrected chi connectivity index (χ3v) is 9.92. The van der Waals surface area contributed by atoms with Crippen LogP contribution in [0.15, 0.2) is 71.3 Å². The number of fused-ring (bicyclic) bond motifs is 2. The number of piperidine rings is 1. The number of amides is 2. The van der Waals surface area contributed by atoms with Crippen LogP contribution in [0, 0.1) is 6.92 Å². The average molecular weight is 633 g/mol. The van der Waals surface area contributed by atoms with Crippen LogP contribution in [0.3, 0.4) is 0 Å². The van der Waals surface area contributed by atoms with Crippen LogP contribution in [-0.2, 0) is 10.0 Å². The van der Waals surface area contributed by atoms with Gasteiger partial charge in [0.25, 0.3) is 11.8 Å². The highest BCUT2D eigenvalue weighted by Gasteiger charge is 2.32. The van der Waals surface area contributed by atoms with Gasteiger partial charge >= 0.3 is 0 Å². The molecule has 1 aliphatic heterocycles. The van der Waals surface area contributed by atoms with Crippen molar-refractivity contribution < 1.29 is 22.4 Å². The van der Waals surface area contributed by atoms with Crippen LogP contribution in [0.25, 0.3) is 27.8 Å². The van der Waals surface area contributed by atoms with Gasteiger partial charge in [0.15, 0.2) is 0 Å². The predicted molar refractivity (Wildman–Crippen MR) is 173 cm³/mol. The average Bonchev–Trinajstić information content (AvgIpc) is 3.62. The number of aromatic nitrogens is 1. The van der Waals surface area contributed by atoms with Crippen molar-refractivity contribution in [3.05, 3.63) is 94.3 Å². The zero-order chi connectivity index (χ0) is 31.3. The minimum Gasteiger partial charge on any atom is -0.455 e. The Morgan fingerprint density at radius 1 is 1.09 bits per heavy atom. The van der Waals surface area contributed by atoms with E-state index >= 15 is 0 Å². The predicted octanol–water partition coefficient (Wildman–Crippen LogP) is 6.09. The van der Waals surface area contributed by atoms with Crippen molar-refractivity contribution in [2.45, 2.75) is 25.7 Å². The Balaban J connectivity index is 1.46. The monoisotopic (exact) mass is 632 g/mol. The summed E-state index contributed by atoms with van der Waals surface area (Å²) in [6, 6.07) is 18.6. The van der Waals surface area contributed by atoms with Gasteiger partial charge in [0.1, 0.15) is 16.5 Å². The van der Waals surface area contributed by atoms with E-state index in [4.69, 9.17) is 16.0 Å². The quantitative estimate of drug-likeness (QED) is 0.228. The number of halogens is 1. The number of nitrogens with zero attached hydrogens (tertiary/aromatic N) is 3. The minimum atomic E-state index is -3.64. The van der Waals surface area contributed by atoms with Crippen molar-refractivity contribution in [1.82, 2.24) is 14.6 Å². The molecule has 5 aromatic rings. The van der Waals surface area contributed by atoms with Crippen LogP contribution < -0.4 is 9.62 Å². The van der Waals surface area contributed by atoms with Gasteiger partial charge in [0.2, 0.25) is 10.0 Å². The topological polar surface area (TPSA) is 104 Å². The highest BCUT2D eigenvalue weighted by Crippen LogP contribution is 2.42. The van der Waals surface area contributed by atoms with E-state index in [0.29, 0.717) is 51.8 Å². The standard InChI is InChI=1S/C33H33ClN4O5S/c1-20-10-12-21(13-11-20)31-30(32(39)35-2)26-16-25(27(17-28(26)43-31)36(3)44(4,41)42)22-7-6-14-37(18-22)33(40)23-15-24-8-5-9-29(34)38(24)19-23/h5,8-13,15-17,19,22H,6-7,14,18H2,1-4H3,(H,35,39)/t22-/m0/s1. The van der Waals surface area contributed by atoms with Crippen LogP contribution >= 0.6 is 11.6 Å². The summed E-state index contributed by atoms with van der Waals surface area (Å²) in [7, 11) is -0.571. The number of rotatable bonds is 6. The summed E-state index contributed by atoms with van der Waals surface area (Å²) in [4.78, 5) is 28.8. The first-order valence-electron chi connectivity index (χ1n) is 14.4. The van der Waals surface area contributed by atoms with Crippen LogP contribution in [0.5, 0.6) is 0 Å². The Hall–Kier alpha value is -4.28. The highest BCUT2D eigenvalue weighted by atomic mass is 35.5. The molecule has 9 nitrogen and oxygen atoms in total. The Kier molecular flexibility index (Phi) is 7.67. The Morgan fingerprint density at radius 2 is 1.84 bits per heavy atom. The van der Waals surface area contributed by atoms with Crippen LogP contribution in [0.1, 0.15) is 50.6 Å². The lowest BCUT2D eigenvalue weighted by Crippen LogP contribution is -2.39. The first-order chi connectivity index (χ1) is 21.0. The molecule has 1 atom stereocenters. The molecule has 2 aromatic carbocycles. The van der Waals surface area contributed by atoms with Crippen molar-refractivity contribution in [3.8, 4) is 11.3 Å². The van der Waals surface area contributed by atoms with Crippen molar-refractivity contribution >= 4 is 55.6 Å². The molecule has 1 saturated heterocycles. The number of hydrogen-bond donors (Lipinski definition) is 1. The van der Waals surface area contributed by atoms with Crippen molar-refractivity contribution in [2.24, 2.45) is 0 Å². The second-order valence-corrected chi connectivity index (χ2v) is 13.8. The maximum atomic E-state index is 13.7. The first-order valence-corrected chi connectivity index (χ1v) is 16.6. The molecule has 3 aromatic heterocycles. The molecule has 1 aliphatic rings. The zero-order valence-electron chi connectivity index (χ0n) is 24.9. The van der Waals surface area contributed by atoms with Crippen LogP contribution in [0.4, 0.5) is 5.69 Å². The van der Waals surface area contributed by atoms with Gasteiger partial charge in [0, 0.05) is 61.8 Å². The molecule has 6 rings (SSSR count). The van der Waals surface area contributed by atoms with E-state index in [9.17, 15) is 18.0 Å². The molecule has 1 N–H and O–H groups in total. The number of anilines is 1. The second-order valence-electron chi connectivity index (χ2n) is 11.4. The smallest absolute Gasteiger partial charge is 0.255 e. The third-order valence-electron chi connectivity index (χ3n) is 8.42. The molecule has 0 aliphatic carbocycles. The lowest BCUT2D eigenvalue weighted by Gasteiger charge is -2.34. The zero-order valence-corrected chi connectivity index (χ0v) is 26.5. The fraction of sp³-hybridized carbons (Fsp3) is 0.273. The summed E-state index contributed by atoms with van der Waals surface area (Å²) in [5.41, 5.74) is 5.11. The summed E-state index contributed by atoms with van der Waals surface area (Å²) in [6.45, 7) is 2.93. The van der Waals surface area contributed by atoms with Gasteiger partial charge in [-0.05, 0) is 49.6 Å². The molecule has 0 spiro atoms. The molecule has 44 heavy (non-hydrogen) atoms. The van der Waals surface area contributed by atoms with E-state index < -0.39 is 10.0 Å². The van der Waals surface area contributed by atoms with Gasteiger partial charge in [0.05, 0.1) is 23.1 Å². The number of carbonyl (C=O) groups is 2. The SMILES string of the molecule is CNC(=O)c1c(-c2ccc(C)cc2)oc2cc(N(C)S(C)(=O)=O)c([C@H]3CCCN(C(=O)c4cc5cccc(Cl)n5c4)C3)cc12. The van der Waals surface area contributed by atoms with Crippen LogP contribution in [0.2, 0.25) is 5.15 Å². The number of nitrogens with one attached hydrogen (secondary N) is 1. The summed E-state index contributed by atoms with van der Waals surface area (Å²) in [5, 5.41) is 3.82. The summed E-state index contributed by atoms with van der Waals surface area (Å²) >= 11 is 6.34. The van der Waals surface area contributed by atoms with Gasteiger partial charge in [-0.1, -0.05) is 47.5 Å². The highest BCUT2D eigenvalue weighted by molar-refractivity contribution is 7.92. The van der Waals surface area contributed by atoms with E-state index in [1.54, 1.807) is 34.7 Å². The first kappa shape index (κ1) is 29.8. The number of pyridine rings is 1. The van der Waals surface area contributed by atoms with Gasteiger partial charge < -0.3 is 19.0 Å². The largest absolute Gasteiger partial charge is 0.455 e. The van der Waals surface area contributed by atoms with Crippen molar-refractivity contribution in [2.75, 3.05) is 37.7 Å². The molecule has 228 valence electrons. The number of furan rings is 1. The minimum absolute atomic E-state index is 0.121. The van der Waals surface area contributed by atoms with Gasteiger partial charge in [-0.15, -0.1) is 0 Å². The molecule has 0 saturated carbocycles. The number of aryl methyl sites for hydroxylation is 1. The van der Waals surface area contributed by atoms with Crippen molar-refractivity contribution in [1.29, 1.82) is 0 Å². The maximum Gasteiger partial charge on any atom is 0.255 e. The molecule has 1 fully saturated rings. The fourth-order valence-corrected chi connectivity index (χ4v) is 6.74. The molecule has 0 unspecified atom stereocenters. The summed E-state index contributed by atoms with van der Waals surface area (Å²) in [5.74, 6) is -0.213. The van der Waals surface area contributed by atoms with E-state index in [2.05, 4.69) is 5.32 Å². The van der Waals surface area contributed by atoms with E-state index in [1.807, 2.05) is 55.5 Å². The number of hydrogen-bond acceptors (Lipinski definition) is 5. The van der Waals surface area contributed by atoms with E-state index in [0.717, 1.165) is 41.3 Å². The number of carbonyl (C=O) groups excluding carboxylic acids is 2. The maximum absolute atomic E-state index is 13.7. The Morgan fingerprint density at radius 3 is 2.52 bits per heavy atom.